The molecule has 0 aromatic heterocycles. The molecule has 0 bridgehead atoms. The van der Waals surface area contributed by atoms with Gasteiger partial charge in [0.1, 0.15) is 5.83 Å². The van der Waals surface area contributed by atoms with Crippen molar-refractivity contribution in [1.82, 2.24) is 0 Å². The molecule has 0 aromatic rings. The molecule has 0 fully saturated rings. The number of hydrogen-bond acceptors (Lipinski definition) is 1. The zero-order valence-corrected chi connectivity index (χ0v) is 8.56. The lowest BCUT2D eigenvalue weighted by Crippen LogP contribution is -2.18. The molecular formula is C11H17FO. The number of allylic oxidation sites excluding steroid dienone is 4. The second-order valence-corrected chi connectivity index (χ2v) is 3.98. The SMILES string of the molecule is COCCC1(C)C=C(F)C(C)=CC1. The topological polar surface area (TPSA) is 9.23 Å². The zero-order chi connectivity index (χ0) is 9.90. The molecule has 1 aliphatic rings. The quantitative estimate of drug-likeness (QED) is 0.654. The smallest absolute Gasteiger partial charge is 0.122 e. The van der Waals surface area contributed by atoms with Crippen molar-refractivity contribution in [1.29, 1.82) is 0 Å². The van der Waals surface area contributed by atoms with Gasteiger partial charge in [0.05, 0.1) is 0 Å². The number of ether oxygens (including phenoxy) is 1. The van der Waals surface area contributed by atoms with Gasteiger partial charge in [-0.3, -0.25) is 0 Å². The highest BCUT2D eigenvalue weighted by Crippen LogP contribution is 2.36. The molecule has 13 heavy (non-hydrogen) atoms. The molecule has 0 aromatic carbocycles. The molecule has 1 aliphatic carbocycles. The van der Waals surface area contributed by atoms with Gasteiger partial charge in [-0.2, -0.15) is 0 Å². The lowest BCUT2D eigenvalue weighted by atomic mass is 9.79. The first kappa shape index (κ1) is 10.5. The maximum Gasteiger partial charge on any atom is 0.122 e. The molecule has 0 aliphatic heterocycles. The average Bonchev–Trinajstić information content (AvgIpc) is 2.09. The van der Waals surface area contributed by atoms with Crippen molar-refractivity contribution in [2.75, 3.05) is 13.7 Å². The van der Waals surface area contributed by atoms with Crippen LogP contribution in [0.15, 0.2) is 23.6 Å². The van der Waals surface area contributed by atoms with Gasteiger partial charge in [0.15, 0.2) is 0 Å². The highest BCUT2D eigenvalue weighted by molar-refractivity contribution is 5.29. The predicted molar refractivity (Wildman–Crippen MR) is 52.2 cm³/mol. The number of hydrogen-bond donors (Lipinski definition) is 0. The van der Waals surface area contributed by atoms with Crippen molar-refractivity contribution >= 4 is 0 Å². The van der Waals surface area contributed by atoms with E-state index in [1.807, 2.05) is 13.0 Å². The fourth-order valence-electron chi connectivity index (χ4n) is 1.47. The Morgan fingerprint density at radius 2 is 2.31 bits per heavy atom. The van der Waals surface area contributed by atoms with Gasteiger partial charge in [0.2, 0.25) is 0 Å². The van der Waals surface area contributed by atoms with Crippen LogP contribution in [0, 0.1) is 5.41 Å². The predicted octanol–water partition coefficient (Wildman–Crippen LogP) is 3.23. The summed E-state index contributed by atoms with van der Waals surface area (Å²) in [6, 6.07) is 0. The molecular weight excluding hydrogens is 167 g/mol. The largest absolute Gasteiger partial charge is 0.385 e. The second-order valence-electron chi connectivity index (χ2n) is 3.98. The lowest BCUT2D eigenvalue weighted by molar-refractivity contribution is 0.162. The molecule has 0 saturated carbocycles. The van der Waals surface area contributed by atoms with Crippen LogP contribution in [0.25, 0.3) is 0 Å². The Labute approximate surface area is 79.3 Å². The summed E-state index contributed by atoms with van der Waals surface area (Å²) < 4.78 is 18.3. The van der Waals surface area contributed by atoms with Gasteiger partial charge in [0, 0.05) is 13.7 Å². The molecule has 1 atom stereocenters. The zero-order valence-electron chi connectivity index (χ0n) is 8.56. The highest BCUT2D eigenvalue weighted by atomic mass is 19.1. The summed E-state index contributed by atoms with van der Waals surface area (Å²) in [6.45, 7) is 4.56. The van der Waals surface area contributed by atoms with Gasteiger partial charge in [-0.25, -0.2) is 4.39 Å². The monoisotopic (exact) mass is 184 g/mol. The van der Waals surface area contributed by atoms with Crippen LogP contribution < -0.4 is 0 Å². The fraction of sp³-hybridized carbons (Fsp3) is 0.636. The summed E-state index contributed by atoms with van der Waals surface area (Å²) in [6.07, 6.45) is 5.47. The van der Waals surface area contributed by atoms with Crippen molar-refractivity contribution in [3.05, 3.63) is 23.6 Å². The molecule has 0 saturated heterocycles. The minimum atomic E-state index is -0.0788. The standard InChI is InChI=1S/C11H17FO/c1-9-4-5-11(2,6-7-13-3)8-10(9)12/h4,8H,5-7H2,1-3H3. The minimum absolute atomic E-state index is 0.0559. The molecule has 2 heteroatoms. The molecule has 1 nitrogen and oxygen atoms in total. The van der Waals surface area contributed by atoms with Gasteiger partial charge in [0.25, 0.3) is 0 Å². The number of methoxy groups -OCH3 is 1. The molecule has 1 unspecified atom stereocenters. The Kier molecular flexibility index (Phi) is 3.26. The molecule has 74 valence electrons. The highest BCUT2D eigenvalue weighted by Gasteiger charge is 2.24. The van der Waals surface area contributed by atoms with Gasteiger partial charge in [-0.1, -0.05) is 13.0 Å². The molecule has 0 spiro atoms. The van der Waals surface area contributed by atoms with Crippen molar-refractivity contribution in [2.24, 2.45) is 5.41 Å². The Balaban J connectivity index is 2.64. The van der Waals surface area contributed by atoms with Crippen LogP contribution >= 0.6 is 0 Å². The Morgan fingerprint density at radius 1 is 1.62 bits per heavy atom. The molecule has 0 radical (unpaired) electrons. The van der Waals surface area contributed by atoms with Crippen molar-refractivity contribution in [3.63, 3.8) is 0 Å². The van der Waals surface area contributed by atoms with Crippen molar-refractivity contribution < 1.29 is 9.13 Å². The molecule has 0 heterocycles. The Bertz CT molecular complexity index is 242. The van der Waals surface area contributed by atoms with Crippen LogP contribution in [0.3, 0.4) is 0 Å². The van der Waals surface area contributed by atoms with Gasteiger partial charge < -0.3 is 4.74 Å². The van der Waals surface area contributed by atoms with E-state index in [9.17, 15) is 4.39 Å². The summed E-state index contributed by atoms with van der Waals surface area (Å²) in [4.78, 5) is 0. The van der Waals surface area contributed by atoms with Crippen LogP contribution in [0.2, 0.25) is 0 Å². The first-order valence-electron chi connectivity index (χ1n) is 4.62. The summed E-state index contributed by atoms with van der Waals surface area (Å²) in [5.74, 6) is -0.0788. The Hall–Kier alpha value is -0.630. The summed E-state index contributed by atoms with van der Waals surface area (Å²) in [5, 5.41) is 0. The van der Waals surface area contributed by atoms with Crippen LogP contribution in [0.5, 0.6) is 0 Å². The van der Waals surface area contributed by atoms with Crippen LogP contribution in [0.4, 0.5) is 4.39 Å². The number of halogens is 1. The minimum Gasteiger partial charge on any atom is -0.385 e. The van der Waals surface area contributed by atoms with Crippen molar-refractivity contribution in [2.45, 2.75) is 26.7 Å². The van der Waals surface area contributed by atoms with E-state index in [1.165, 1.54) is 0 Å². The van der Waals surface area contributed by atoms with Crippen LogP contribution in [-0.4, -0.2) is 13.7 Å². The molecule has 0 N–H and O–H groups in total. The van der Waals surface area contributed by atoms with E-state index in [1.54, 1.807) is 13.2 Å². The van der Waals surface area contributed by atoms with E-state index in [0.29, 0.717) is 6.61 Å². The van der Waals surface area contributed by atoms with Gasteiger partial charge in [-0.05, 0) is 36.8 Å². The van der Waals surface area contributed by atoms with Crippen molar-refractivity contribution in [3.8, 4) is 0 Å². The Morgan fingerprint density at radius 3 is 2.85 bits per heavy atom. The summed E-state index contributed by atoms with van der Waals surface area (Å²) in [7, 11) is 1.67. The van der Waals surface area contributed by atoms with Crippen LogP contribution in [-0.2, 0) is 4.74 Å². The third kappa shape index (κ3) is 2.66. The second kappa shape index (κ2) is 4.05. The van der Waals surface area contributed by atoms with E-state index < -0.39 is 0 Å². The third-order valence-electron chi connectivity index (χ3n) is 2.60. The van der Waals surface area contributed by atoms with Gasteiger partial charge >= 0.3 is 0 Å². The first-order valence-corrected chi connectivity index (χ1v) is 4.62. The van der Waals surface area contributed by atoms with Crippen LogP contribution in [0.1, 0.15) is 26.7 Å². The van der Waals surface area contributed by atoms with E-state index in [4.69, 9.17) is 4.74 Å². The lowest BCUT2D eigenvalue weighted by Gasteiger charge is -2.27. The van der Waals surface area contributed by atoms with E-state index in [0.717, 1.165) is 18.4 Å². The van der Waals surface area contributed by atoms with Gasteiger partial charge in [-0.15, -0.1) is 0 Å². The number of rotatable bonds is 3. The van der Waals surface area contributed by atoms with E-state index >= 15 is 0 Å². The first-order chi connectivity index (χ1) is 6.07. The maximum absolute atomic E-state index is 13.3. The van der Waals surface area contributed by atoms with E-state index in [2.05, 4.69) is 6.92 Å². The summed E-state index contributed by atoms with van der Waals surface area (Å²) >= 11 is 0. The average molecular weight is 184 g/mol. The van der Waals surface area contributed by atoms with E-state index in [-0.39, 0.29) is 11.2 Å². The third-order valence-corrected chi connectivity index (χ3v) is 2.60. The normalized spacial score (nSPS) is 28.3. The molecule has 1 rings (SSSR count). The summed E-state index contributed by atoms with van der Waals surface area (Å²) in [5.41, 5.74) is 0.703. The fourth-order valence-corrected chi connectivity index (χ4v) is 1.47. The maximum atomic E-state index is 13.3. The molecule has 0 amide bonds.